The molecule has 0 radical (unpaired) electrons. The van der Waals surface area contributed by atoms with Crippen molar-refractivity contribution in [3.05, 3.63) is 69.0 Å². The largest absolute Gasteiger partial charge is 0.342 e. The van der Waals surface area contributed by atoms with Crippen LogP contribution in [0, 0.1) is 19.7 Å². The number of aromatic nitrogens is 4. The second-order valence-corrected chi connectivity index (χ2v) is 9.18. The third-order valence-corrected chi connectivity index (χ3v) is 6.56. The summed E-state index contributed by atoms with van der Waals surface area (Å²) >= 11 is 1.35. The summed E-state index contributed by atoms with van der Waals surface area (Å²) in [5.74, 6) is -0.357. The van der Waals surface area contributed by atoms with Crippen molar-refractivity contribution in [3.63, 3.8) is 0 Å². The molecule has 3 aromatic heterocycles. The Kier molecular flexibility index (Phi) is 6.92. The number of carbonyl (C=O) groups is 1. The van der Waals surface area contributed by atoms with Gasteiger partial charge in [0, 0.05) is 29.9 Å². The van der Waals surface area contributed by atoms with Crippen LogP contribution >= 0.6 is 11.3 Å². The van der Waals surface area contributed by atoms with E-state index in [-0.39, 0.29) is 23.7 Å². The zero-order chi connectivity index (χ0) is 24.4. The molecule has 7 nitrogen and oxygen atoms in total. The van der Waals surface area contributed by atoms with Gasteiger partial charge in [0.05, 0.1) is 23.4 Å². The Morgan fingerprint density at radius 3 is 2.56 bits per heavy atom. The highest BCUT2D eigenvalue weighted by Crippen LogP contribution is 2.24. The van der Waals surface area contributed by atoms with Crippen LogP contribution in [0.4, 0.5) is 4.39 Å². The Balaban J connectivity index is 1.77. The first-order valence-electron chi connectivity index (χ1n) is 11.4. The Labute approximate surface area is 201 Å². The zero-order valence-electron chi connectivity index (χ0n) is 19.8. The number of fused-ring (bicyclic) bond motifs is 1. The van der Waals surface area contributed by atoms with Crippen LogP contribution < -0.4 is 5.56 Å². The first kappa shape index (κ1) is 23.8. The van der Waals surface area contributed by atoms with Gasteiger partial charge in [0.15, 0.2) is 4.96 Å². The Morgan fingerprint density at radius 1 is 1.15 bits per heavy atom. The summed E-state index contributed by atoms with van der Waals surface area (Å²) in [7, 11) is 0. The van der Waals surface area contributed by atoms with E-state index in [4.69, 9.17) is 0 Å². The van der Waals surface area contributed by atoms with Crippen molar-refractivity contribution < 1.29 is 9.18 Å². The minimum atomic E-state index is -0.360. The number of aryl methyl sites for hydroxylation is 2. The first-order valence-corrected chi connectivity index (χ1v) is 12.3. The van der Waals surface area contributed by atoms with Crippen molar-refractivity contribution in [2.75, 3.05) is 13.1 Å². The van der Waals surface area contributed by atoms with E-state index in [0.29, 0.717) is 46.4 Å². The van der Waals surface area contributed by atoms with Gasteiger partial charge in [-0.05, 0) is 51.0 Å². The van der Waals surface area contributed by atoms with Crippen molar-refractivity contribution in [2.45, 2.75) is 47.0 Å². The van der Waals surface area contributed by atoms with E-state index in [9.17, 15) is 14.0 Å². The molecule has 0 fully saturated rings. The maximum absolute atomic E-state index is 13.7. The minimum absolute atomic E-state index is 0.00338. The topological polar surface area (TPSA) is 72.5 Å². The van der Waals surface area contributed by atoms with Crippen LogP contribution in [-0.4, -0.2) is 43.1 Å². The van der Waals surface area contributed by atoms with Gasteiger partial charge in [-0.25, -0.2) is 14.1 Å². The number of rotatable bonds is 8. The van der Waals surface area contributed by atoms with Gasteiger partial charge in [0.2, 0.25) is 5.91 Å². The molecular weight excluding hydrogens is 453 g/mol. The van der Waals surface area contributed by atoms with Crippen molar-refractivity contribution in [3.8, 4) is 16.9 Å². The van der Waals surface area contributed by atoms with Crippen LogP contribution in [0.3, 0.4) is 0 Å². The van der Waals surface area contributed by atoms with Gasteiger partial charge < -0.3 is 4.90 Å². The molecule has 0 unspecified atom stereocenters. The Bertz CT molecular complexity index is 1400. The predicted molar refractivity (Wildman–Crippen MR) is 132 cm³/mol. The molecule has 3 heterocycles. The number of thiazole rings is 1. The highest BCUT2D eigenvalue weighted by atomic mass is 32.1. The molecule has 0 saturated heterocycles. The average Bonchev–Trinajstić information content (AvgIpc) is 3.37. The summed E-state index contributed by atoms with van der Waals surface area (Å²) in [4.78, 5) is 33.6. The minimum Gasteiger partial charge on any atom is -0.342 e. The molecule has 0 bridgehead atoms. The second kappa shape index (κ2) is 9.89. The fraction of sp³-hybridized carbons (Fsp3) is 0.360. The van der Waals surface area contributed by atoms with Crippen LogP contribution in [0.1, 0.15) is 43.8 Å². The number of nitrogens with zero attached hydrogens (tertiary/aromatic N) is 5. The third-order valence-electron chi connectivity index (χ3n) is 5.69. The quantitative estimate of drug-likeness (QED) is 0.370. The maximum Gasteiger partial charge on any atom is 0.268 e. The fourth-order valence-corrected chi connectivity index (χ4v) is 5.08. The number of halogens is 1. The van der Waals surface area contributed by atoms with Crippen molar-refractivity contribution in [1.29, 1.82) is 0 Å². The second-order valence-electron chi connectivity index (χ2n) is 8.34. The number of benzene rings is 1. The van der Waals surface area contributed by atoms with E-state index in [1.807, 2.05) is 31.1 Å². The molecule has 178 valence electrons. The van der Waals surface area contributed by atoms with Gasteiger partial charge in [-0.15, -0.1) is 11.3 Å². The molecule has 34 heavy (non-hydrogen) atoms. The Hall–Kier alpha value is -3.33. The smallest absolute Gasteiger partial charge is 0.268 e. The van der Waals surface area contributed by atoms with Crippen molar-refractivity contribution in [2.24, 2.45) is 0 Å². The van der Waals surface area contributed by atoms with Gasteiger partial charge in [0.1, 0.15) is 11.5 Å². The van der Waals surface area contributed by atoms with E-state index in [1.165, 1.54) is 27.9 Å². The SMILES string of the molecule is CCCN(CCC)C(=O)Cc1csc2nc(C)c(-c3cc(C)n(-c4cccc(F)c4)n3)c(=O)n12. The van der Waals surface area contributed by atoms with Gasteiger partial charge in [-0.1, -0.05) is 19.9 Å². The lowest BCUT2D eigenvalue weighted by Gasteiger charge is -2.21. The Morgan fingerprint density at radius 2 is 1.88 bits per heavy atom. The molecule has 0 N–H and O–H groups in total. The number of hydrogen-bond acceptors (Lipinski definition) is 5. The lowest BCUT2D eigenvalue weighted by Crippen LogP contribution is -2.34. The zero-order valence-corrected chi connectivity index (χ0v) is 20.7. The first-order chi connectivity index (χ1) is 16.3. The predicted octanol–water partition coefficient (Wildman–Crippen LogP) is 4.56. The van der Waals surface area contributed by atoms with E-state index in [2.05, 4.69) is 10.1 Å². The molecule has 0 saturated carbocycles. The highest BCUT2D eigenvalue weighted by Gasteiger charge is 2.21. The van der Waals surface area contributed by atoms with Crippen molar-refractivity contribution in [1.82, 2.24) is 24.1 Å². The van der Waals surface area contributed by atoms with Gasteiger partial charge in [0.25, 0.3) is 5.56 Å². The van der Waals surface area contributed by atoms with Crippen LogP contribution in [-0.2, 0) is 11.2 Å². The average molecular weight is 482 g/mol. The van der Waals surface area contributed by atoms with E-state index >= 15 is 0 Å². The van der Waals surface area contributed by atoms with Crippen LogP contribution in [0.25, 0.3) is 21.9 Å². The summed E-state index contributed by atoms with van der Waals surface area (Å²) in [5, 5.41) is 6.43. The number of hydrogen-bond donors (Lipinski definition) is 0. The summed E-state index contributed by atoms with van der Waals surface area (Å²) in [5.41, 5.74) is 3.11. The fourth-order valence-electron chi connectivity index (χ4n) is 4.16. The van der Waals surface area contributed by atoms with Gasteiger partial charge >= 0.3 is 0 Å². The maximum atomic E-state index is 13.7. The molecule has 9 heteroatoms. The lowest BCUT2D eigenvalue weighted by molar-refractivity contribution is -0.130. The summed E-state index contributed by atoms with van der Waals surface area (Å²) < 4.78 is 16.9. The molecule has 0 spiro atoms. The van der Waals surface area contributed by atoms with Gasteiger partial charge in [-0.2, -0.15) is 5.10 Å². The molecule has 0 aliphatic carbocycles. The lowest BCUT2D eigenvalue weighted by atomic mass is 10.1. The highest BCUT2D eigenvalue weighted by molar-refractivity contribution is 7.15. The number of amides is 1. The third kappa shape index (κ3) is 4.52. The van der Waals surface area contributed by atoms with E-state index < -0.39 is 0 Å². The molecule has 0 aliphatic heterocycles. The summed E-state index contributed by atoms with van der Waals surface area (Å²) in [6, 6.07) is 7.94. The van der Waals surface area contributed by atoms with Crippen LogP contribution in [0.2, 0.25) is 0 Å². The number of carbonyl (C=O) groups excluding carboxylic acids is 1. The normalized spacial score (nSPS) is 11.3. The van der Waals surface area contributed by atoms with Crippen molar-refractivity contribution >= 4 is 22.2 Å². The van der Waals surface area contributed by atoms with E-state index in [1.54, 1.807) is 29.8 Å². The molecule has 4 aromatic rings. The van der Waals surface area contributed by atoms with Gasteiger partial charge in [-0.3, -0.25) is 14.0 Å². The molecule has 1 amide bonds. The molecule has 0 atom stereocenters. The molecular formula is C25H28FN5O2S. The van der Waals surface area contributed by atoms with Crippen LogP contribution in [0.15, 0.2) is 40.5 Å². The standard InChI is InChI=1S/C25H28FN5O2S/c1-5-10-29(11-6-2)22(32)14-20-15-34-25-27-17(4)23(24(33)30(20)25)21-12-16(3)31(28-21)19-9-7-8-18(26)13-19/h7-9,12-13,15H,5-6,10-11,14H2,1-4H3. The van der Waals surface area contributed by atoms with Crippen LogP contribution in [0.5, 0.6) is 0 Å². The monoisotopic (exact) mass is 481 g/mol. The molecule has 4 rings (SSSR count). The summed E-state index contributed by atoms with van der Waals surface area (Å²) in [6.07, 6.45) is 1.91. The molecule has 1 aromatic carbocycles. The molecule has 0 aliphatic rings. The summed E-state index contributed by atoms with van der Waals surface area (Å²) in [6.45, 7) is 9.12. The van der Waals surface area contributed by atoms with E-state index in [0.717, 1.165) is 18.5 Å².